The largest absolute Gasteiger partial charge is 0.478 e. The van der Waals surface area contributed by atoms with Crippen molar-refractivity contribution in [3.63, 3.8) is 0 Å². The van der Waals surface area contributed by atoms with Crippen molar-refractivity contribution >= 4 is 11.9 Å². The minimum Gasteiger partial charge on any atom is -0.478 e. The van der Waals surface area contributed by atoms with Crippen LogP contribution in [-0.4, -0.2) is 26.8 Å². The van der Waals surface area contributed by atoms with Crippen molar-refractivity contribution in [3.8, 4) is 0 Å². The zero-order valence-electron chi connectivity index (χ0n) is 8.17. The first-order chi connectivity index (χ1) is 7.00. The summed E-state index contributed by atoms with van der Waals surface area (Å²) < 4.78 is 1.44. The second-order valence-electron chi connectivity index (χ2n) is 3.01. The summed E-state index contributed by atoms with van der Waals surface area (Å²) in [6.45, 7) is 1.78. The number of aromatic nitrogens is 2. The van der Waals surface area contributed by atoms with E-state index < -0.39 is 11.9 Å². The number of carbonyl (C=O) groups is 2. The molecule has 0 bridgehead atoms. The number of allylic oxidation sites excluding steroid dienone is 1. The molecular weight excluding hydrogens is 198 g/mol. The number of rotatable bonds is 4. The van der Waals surface area contributed by atoms with Gasteiger partial charge in [0.25, 0.3) is 5.91 Å². The summed E-state index contributed by atoms with van der Waals surface area (Å²) in [5, 5.41) is 12.4. The lowest BCUT2D eigenvalue weighted by molar-refractivity contribution is -0.132. The molecular formula is C9H11N3O3. The maximum absolute atomic E-state index is 10.7. The van der Waals surface area contributed by atoms with E-state index in [0.717, 1.165) is 0 Å². The van der Waals surface area contributed by atoms with Gasteiger partial charge in [-0.15, -0.1) is 0 Å². The molecule has 0 spiro atoms. The maximum Gasteiger partial charge on any atom is 0.331 e. The molecule has 0 aliphatic rings. The van der Waals surface area contributed by atoms with Gasteiger partial charge in [-0.1, -0.05) is 6.08 Å². The van der Waals surface area contributed by atoms with E-state index in [0.29, 0.717) is 12.1 Å². The Morgan fingerprint density at radius 3 is 2.80 bits per heavy atom. The SMILES string of the molecule is CC(=CCn1cc(C(N)=O)cn1)C(=O)O. The van der Waals surface area contributed by atoms with Crippen LogP contribution in [0.25, 0.3) is 0 Å². The Morgan fingerprint density at radius 2 is 2.33 bits per heavy atom. The van der Waals surface area contributed by atoms with Gasteiger partial charge < -0.3 is 10.8 Å². The number of carbonyl (C=O) groups excluding carboxylic acids is 1. The fourth-order valence-corrected chi connectivity index (χ4v) is 0.908. The summed E-state index contributed by atoms with van der Waals surface area (Å²) in [5.41, 5.74) is 5.56. The van der Waals surface area contributed by atoms with E-state index in [1.165, 1.54) is 30.1 Å². The molecule has 0 fully saturated rings. The average molecular weight is 209 g/mol. The van der Waals surface area contributed by atoms with Crippen molar-refractivity contribution in [2.24, 2.45) is 5.73 Å². The fourth-order valence-electron chi connectivity index (χ4n) is 0.908. The summed E-state index contributed by atoms with van der Waals surface area (Å²) >= 11 is 0. The highest BCUT2D eigenvalue weighted by Gasteiger charge is 2.03. The van der Waals surface area contributed by atoms with Gasteiger partial charge >= 0.3 is 5.97 Å². The number of carboxylic acids is 1. The van der Waals surface area contributed by atoms with Gasteiger partial charge in [-0.05, 0) is 6.92 Å². The second kappa shape index (κ2) is 4.41. The first-order valence-electron chi connectivity index (χ1n) is 4.23. The summed E-state index contributed by atoms with van der Waals surface area (Å²) in [6, 6.07) is 0. The lowest BCUT2D eigenvalue weighted by Crippen LogP contribution is -2.09. The first kappa shape index (κ1) is 11.0. The molecule has 15 heavy (non-hydrogen) atoms. The first-order valence-corrected chi connectivity index (χ1v) is 4.23. The number of aliphatic carboxylic acids is 1. The minimum atomic E-state index is -0.975. The normalized spacial score (nSPS) is 11.4. The second-order valence-corrected chi connectivity index (χ2v) is 3.01. The number of hydrogen-bond donors (Lipinski definition) is 2. The van der Waals surface area contributed by atoms with E-state index >= 15 is 0 Å². The van der Waals surface area contributed by atoms with Crippen molar-refractivity contribution in [2.75, 3.05) is 0 Å². The van der Waals surface area contributed by atoms with Crippen LogP contribution in [0.2, 0.25) is 0 Å². The molecule has 0 unspecified atom stereocenters. The predicted molar refractivity (Wildman–Crippen MR) is 52.1 cm³/mol. The molecule has 0 aliphatic heterocycles. The summed E-state index contributed by atoms with van der Waals surface area (Å²) in [5.74, 6) is -1.53. The highest BCUT2D eigenvalue weighted by Crippen LogP contribution is 1.98. The van der Waals surface area contributed by atoms with Crippen molar-refractivity contribution in [2.45, 2.75) is 13.5 Å². The molecule has 6 nitrogen and oxygen atoms in total. The van der Waals surface area contributed by atoms with Gasteiger partial charge in [-0.2, -0.15) is 5.10 Å². The van der Waals surface area contributed by atoms with Crippen LogP contribution in [0.1, 0.15) is 17.3 Å². The molecule has 1 rings (SSSR count). The molecule has 0 aliphatic carbocycles. The van der Waals surface area contributed by atoms with Gasteiger partial charge in [0.15, 0.2) is 0 Å². The molecule has 0 atom stereocenters. The van der Waals surface area contributed by atoms with Crippen LogP contribution in [0.5, 0.6) is 0 Å². The minimum absolute atomic E-state index is 0.228. The molecule has 0 saturated carbocycles. The van der Waals surface area contributed by atoms with E-state index in [2.05, 4.69) is 5.10 Å². The summed E-state index contributed by atoms with van der Waals surface area (Å²) in [7, 11) is 0. The quantitative estimate of drug-likeness (QED) is 0.682. The van der Waals surface area contributed by atoms with Crippen LogP contribution in [0.15, 0.2) is 24.0 Å². The zero-order valence-corrected chi connectivity index (χ0v) is 8.17. The van der Waals surface area contributed by atoms with Crippen LogP contribution < -0.4 is 5.73 Å². The molecule has 1 aromatic rings. The van der Waals surface area contributed by atoms with Gasteiger partial charge in [0, 0.05) is 11.8 Å². The lowest BCUT2D eigenvalue weighted by Gasteiger charge is -1.95. The standard InChI is InChI=1S/C9H11N3O3/c1-6(9(14)15)2-3-12-5-7(4-11-12)8(10)13/h2,4-5H,3H2,1H3,(H2,10,13)(H,14,15). The third-order valence-corrected chi connectivity index (χ3v) is 1.84. The highest BCUT2D eigenvalue weighted by atomic mass is 16.4. The van der Waals surface area contributed by atoms with E-state index in [1.54, 1.807) is 0 Å². The van der Waals surface area contributed by atoms with E-state index in [4.69, 9.17) is 10.8 Å². The number of nitrogens with two attached hydrogens (primary N) is 1. The summed E-state index contributed by atoms with van der Waals surface area (Å²) in [6.07, 6.45) is 4.31. The maximum atomic E-state index is 10.7. The Bertz CT molecular complexity index is 420. The van der Waals surface area contributed by atoms with Crippen molar-refractivity contribution in [1.29, 1.82) is 0 Å². The average Bonchev–Trinajstić information content (AvgIpc) is 2.62. The number of nitrogens with zero attached hydrogens (tertiary/aromatic N) is 2. The Balaban J connectivity index is 2.70. The topological polar surface area (TPSA) is 98.2 Å². The molecule has 1 heterocycles. The number of carboxylic acid groups (broad SMARTS) is 1. The van der Waals surface area contributed by atoms with Gasteiger partial charge in [0.1, 0.15) is 0 Å². The molecule has 3 N–H and O–H groups in total. The molecule has 1 amide bonds. The lowest BCUT2D eigenvalue weighted by atomic mass is 10.3. The fraction of sp³-hybridized carbons (Fsp3) is 0.222. The van der Waals surface area contributed by atoms with Gasteiger partial charge in [0.05, 0.1) is 18.3 Å². The van der Waals surface area contributed by atoms with Crippen LogP contribution in [0, 0.1) is 0 Å². The summed E-state index contributed by atoms with van der Waals surface area (Å²) in [4.78, 5) is 21.2. The van der Waals surface area contributed by atoms with E-state index in [-0.39, 0.29) is 5.57 Å². The predicted octanol–water partition coefficient (Wildman–Crippen LogP) is 0.0129. The van der Waals surface area contributed by atoms with Gasteiger partial charge in [-0.25, -0.2) is 4.79 Å². The Hall–Kier alpha value is -2.11. The van der Waals surface area contributed by atoms with Gasteiger partial charge in [0.2, 0.25) is 0 Å². The smallest absolute Gasteiger partial charge is 0.331 e. The molecule has 1 aromatic heterocycles. The van der Waals surface area contributed by atoms with Crippen LogP contribution in [-0.2, 0) is 11.3 Å². The Morgan fingerprint density at radius 1 is 1.67 bits per heavy atom. The Kier molecular flexibility index (Phi) is 3.22. The van der Waals surface area contributed by atoms with E-state index in [9.17, 15) is 9.59 Å². The van der Waals surface area contributed by atoms with Gasteiger partial charge in [-0.3, -0.25) is 9.48 Å². The molecule has 0 saturated heterocycles. The third-order valence-electron chi connectivity index (χ3n) is 1.84. The monoisotopic (exact) mass is 209 g/mol. The number of amides is 1. The van der Waals surface area contributed by atoms with Crippen LogP contribution in [0.4, 0.5) is 0 Å². The number of primary amides is 1. The molecule has 80 valence electrons. The third kappa shape index (κ3) is 2.94. The van der Waals surface area contributed by atoms with E-state index in [1.807, 2.05) is 0 Å². The Labute approximate surface area is 86.0 Å². The van der Waals surface area contributed by atoms with Crippen LogP contribution in [0.3, 0.4) is 0 Å². The zero-order chi connectivity index (χ0) is 11.4. The molecule has 0 aromatic carbocycles. The molecule has 0 radical (unpaired) electrons. The highest BCUT2D eigenvalue weighted by molar-refractivity contribution is 5.92. The molecule has 6 heteroatoms. The van der Waals surface area contributed by atoms with Crippen LogP contribution >= 0.6 is 0 Å². The van der Waals surface area contributed by atoms with Crippen molar-refractivity contribution in [1.82, 2.24) is 9.78 Å². The van der Waals surface area contributed by atoms with Crippen molar-refractivity contribution < 1.29 is 14.7 Å². The number of hydrogen-bond acceptors (Lipinski definition) is 3. The van der Waals surface area contributed by atoms with Crippen molar-refractivity contribution in [3.05, 3.63) is 29.6 Å².